The highest BCUT2D eigenvalue weighted by atomic mass is 15.3. The Hall–Kier alpha value is -11.4. The molecule has 0 radical (unpaired) electrons. The predicted octanol–water partition coefficient (Wildman–Crippen LogP) is 19.4. The van der Waals surface area contributed by atoms with Gasteiger partial charge in [0.15, 0.2) is 0 Å². The molecule has 13 aromatic rings. The highest BCUT2D eigenvalue weighted by Gasteiger charge is 2.45. The molecule has 0 N–H and O–H groups in total. The molecule has 15 rings (SSSR count). The molecular weight excluding hydrogens is 1070 g/mol. The molecule has 0 saturated carbocycles. The lowest BCUT2D eigenvalue weighted by Gasteiger charge is -2.44. The van der Waals surface area contributed by atoms with Crippen LogP contribution in [0.5, 0.6) is 0 Å². The van der Waals surface area contributed by atoms with E-state index in [4.69, 9.17) is 9.97 Å². The van der Waals surface area contributed by atoms with Gasteiger partial charge in [0.25, 0.3) is 6.71 Å². The molecule has 0 unspecified atom stereocenters. The van der Waals surface area contributed by atoms with Crippen molar-refractivity contribution < 1.29 is 0 Å². The second-order valence-electron chi connectivity index (χ2n) is 22.4. The van der Waals surface area contributed by atoms with E-state index in [0.29, 0.717) is 0 Å². The summed E-state index contributed by atoms with van der Waals surface area (Å²) >= 11 is 0. The SMILES string of the molecule is Cc1cc2c(cc1N(c1ccccc1)c1cc(N(c3ccccc3)c3ccccc3)nc(N(c3ccccc3)c3ccccc3C)c1C)N(c1ccccc1)c1cc(N(c3ccccc3)c3ccccc3)nc3c1B2c1ccccc1N3c1ccccc1. The van der Waals surface area contributed by atoms with E-state index < -0.39 is 0 Å². The smallest absolute Gasteiger partial charge is 0.254 e. The van der Waals surface area contributed by atoms with E-state index in [1.807, 2.05) is 0 Å². The third kappa shape index (κ3) is 9.46. The maximum Gasteiger partial charge on any atom is 0.254 e. The van der Waals surface area contributed by atoms with Gasteiger partial charge in [-0.25, -0.2) is 9.97 Å². The van der Waals surface area contributed by atoms with Crippen LogP contribution in [-0.4, -0.2) is 16.7 Å². The zero-order chi connectivity index (χ0) is 59.1. The summed E-state index contributed by atoms with van der Waals surface area (Å²) < 4.78 is 0. The van der Waals surface area contributed by atoms with Gasteiger partial charge < -0.3 is 9.80 Å². The molecule has 0 saturated heterocycles. The van der Waals surface area contributed by atoms with Crippen molar-refractivity contribution in [1.82, 2.24) is 9.97 Å². The Morgan fingerprint density at radius 1 is 0.295 bits per heavy atom. The van der Waals surface area contributed by atoms with E-state index >= 15 is 0 Å². The molecule has 0 fully saturated rings. The summed E-state index contributed by atoms with van der Waals surface area (Å²) in [5, 5.41) is 0. The maximum atomic E-state index is 5.92. The average Bonchev–Trinajstić information content (AvgIpc) is 0.727. The molecule has 0 amide bonds. The van der Waals surface area contributed by atoms with E-state index in [-0.39, 0.29) is 6.71 Å². The minimum atomic E-state index is -0.197. The molecule has 8 nitrogen and oxygen atoms in total. The first-order chi connectivity index (χ1) is 43.5. The fourth-order valence-electron chi connectivity index (χ4n) is 13.0. The van der Waals surface area contributed by atoms with E-state index in [0.717, 1.165) is 125 Å². The van der Waals surface area contributed by atoms with Crippen LogP contribution in [0.2, 0.25) is 0 Å². The van der Waals surface area contributed by atoms with Crippen LogP contribution in [0, 0.1) is 20.8 Å². The zero-order valence-corrected chi connectivity index (χ0v) is 49.2. The predicted molar refractivity (Wildman–Crippen MR) is 369 cm³/mol. The van der Waals surface area contributed by atoms with Crippen molar-refractivity contribution in [3.8, 4) is 0 Å². The van der Waals surface area contributed by atoms with Gasteiger partial charge in [-0.2, -0.15) is 0 Å². The summed E-state index contributed by atoms with van der Waals surface area (Å²) in [5.41, 5.74) is 21.0. The Kier molecular flexibility index (Phi) is 13.9. The van der Waals surface area contributed by atoms with Gasteiger partial charge in [0.05, 0.1) is 17.1 Å². The Morgan fingerprint density at radius 2 is 0.716 bits per heavy atom. The average molecular weight is 1130 g/mol. The highest BCUT2D eigenvalue weighted by Crippen LogP contribution is 2.51. The van der Waals surface area contributed by atoms with Crippen molar-refractivity contribution in [1.29, 1.82) is 0 Å². The molecular formula is C79H61BN8. The number of rotatable bonds is 14. The quantitative estimate of drug-likeness (QED) is 0.0998. The molecule has 0 bridgehead atoms. The van der Waals surface area contributed by atoms with Crippen molar-refractivity contribution in [2.45, 2.75) is 20.8 Å². The molecule has 2 aromatic heterocycles. The first kappa shape index (κ1) is 53.3. The van der Waals surface area contributed by atoms with Crippen LogP contribution in [0.25, 0.3) is 0 Å². The van der Waals surface area contributed by atoms with E-state index in [9.17, 15) is 0 Å². The fourth-order valence-corrected chi connectivity index (χ4v) is 13.0. The molecule has 2 aliphatic rings. The number of hydrogen-bond acceptors (Lipinski definition) is 8. The molecule has 0 spiro atoms. The van der Waals surface area contributed by atoms with Gasteiger partial charge in [-0.3, -0.25) is 19.6 Å². The molecule has 420 valence electrons. The van der Waals surface area contributed by atoms with Crippen LogP contribution in [0.4, 0.5) is 103 Å². The Morgan fingerprint density at radius 3 is 1.23 bits per heavy atom. The number of hydrogen-bond donors (Lipinski definition) is 0. The third-order valence-electron chi connectivity index (χ3n) is 17.0. The standard InChI is InChI=1S/C79H61BN8/c1-56-32-28-30-50-69(56)87(65-45-24-10-25-46-65)78-58(3)72(54-75(81-78)83(59-33-12-4-13-34-59)60-35-14-5-15-36-60)85(63-41-20-8-21-42-63)71-53-73-68(52-57(71)2)80-67-49-29-31-51-70(67)88(66-47-26-11-27-48-66)79-77(80)74(86(73)64-43-22-9-23-44-64)55-76(82-79)84(61-37-16-6-17-38-61)62-39-18-7-19-40-62/h4-55H,1-3H3. The van der Waals surface area contributed by atoms with Crippen LogP contribution >= 0.6 is 0 Å². The number of aryl methyl sites for hydroxylation is 2. The van der Waals surface area contributed by atoms with Crippen molar-refractivity contribution in [2.75, 3.05) is 29.4 Å². The molecule has 4 heterocycles. The van der Waals surface area contributed by atoms with Gasteiger partial charge in [-0.15, -0.1) is 0 Å². The molecule has 2 aliphatic heterocycles. The third-order valence-corrected chi connectivity index (χ3v) is 17.0. The summed E-state index contributed by atoms with van der Waals surface area (Å²) in [4.78, 5) is 26.0. The second kappa shape index (κ2) is 22.9. The number of benzene rings is 11. The van der Waals surface area contributed by atoms with Crippen LogP contribution in [0.1, 0.15) is 16.7 Å². The van der Waals surface area contributed by atoms with Crippen LogP contribution < -0.4 is 45.8 Å². The largest absolute Gasteiger partial charge is 0.311 e. The number of nitrogens with zero attached hydrogens (tertiary/aromatic N) is 8. The van der Waals surface area contributed by atoms with Crippen LogP contribution in [0.15, 0.2) is 315 Å². The van der Waals surface area contributed by atoms with Gasteiger partial charge in [0.1, 0.15) is 23.3 Å². The van der Waals surface area contributed by atoms with Gasteiger partial charge in [-0.1, -0.05) is 188 Å². The first-order valence-electron chi connectivity index (χ1n) is 30.0. The van der Waals surface area contributed by atoms with Gasteiger partial charge in [0.2, 0.25) is 0 Å². The zero-order valence-electron chi connectivity index (χ0n) is 49.2. The molecule has 0 aliphatic carbocycles. The lowest BCUT2D eigenvalue weighted by atomic mass is 9.33. The monoisotopic (exact) mass is 1130 g/mol. The maximum absolute atomic E-state index is 5.92. The Labute approximate surface area is 515 Å². The van der Waals surface area contributed by atoms with E-state index in [2.05, 4.69) is 366 Å². The van der Waals surface area contributed by atoms with Crippen LogP contribution in [0.3, 0.4) is 0 Å². The highest BCUT2D eigenvalue weighted by molar-refractivity contribution is 7.00. The number of fused-ring (bicyclic) bond motifs is 4. The minimum absolute atomic E-state index is 0.197. The minimum Gasteiger partial charge on any atom is -0.311 e. The summed E-state index contributed by atoms with van der Waals surface area (Å²) in [6.07, 6.45) is 0. The van der Waals surface area contributed by atoms with Crippen molar-refractivity contribution >= 4 is 126 Å². The topological polar surface area (TPSA) is 45.2 Å². The van der Waals surface area contributed by atoms with Crippen LogP contribution in [-0.2, 0) is 0 Å². The Balaban J connectivity index is 1.03. The van der Waals surface area contributed by atoms with Crippen molar-refractivity contribution in [3.05, 3.63) is 332 Å². The molecule has 0 atom stereocenters. The lowest BCUT2D eigenvalue weighted by molar-refractivity contribution is 1.09. The van der Waals surface area contributed by atoms with Gasteiger partial charge >= 0.3 is 0 Å². The summed E-state index contributed by atoms with van der Waals surface area (Å²) in [6.45, 7) is 6.50. The van der Waals surface area contributed by atoms with E-state index in [1.54, 1.807) is 0 Å². The molecule has 88 heavy (non-hydrogen) atoms. The second-order valence-corrected chi connectivity index (χ2v) is 22.4. The molecule has 11 aromatic carbocycles. The lowest BCUT2D eigenvalue weighted by Crippen LogP contribution is -2.61. The van der Waals surface area contributed by atoms with Crippen molar-refractivity contribution in [3.63, 3.8) is 0 Å². The number of para-hydroxylation sites is 10. The van der Waals surface area contributed by atoms with E-state index in [1.165, 1.54) is 10.9 Å². The number of pyridine rings is 2. The number of aromatic nitrogens is 2. The van der Waals surface area contributed by atoms with Gasteiger partial charge in [0, 0.05) is 80.3 Å². The summed E-state index contributed by atoms with van der Waals surface area (Å²) in [7, 11) is 0. The van der Waals surface area contributed by atoms with Gasteiger partial charge in [-0.05, 0) is 164 Å². The fraction of sp³-hybridized carbons (Fsp3) is 0.0380. The summed E-state index contributed by atoms with van der Waals surface area (Å²) in [6, 6.07) is 113. The number of anilines is 18. The normalized spacial score (nSPS) is 12.0. The molecule has 9 heteroatoms. The first-order valence-corrected chi connectivity index (χ1v) is 30.0. The summed E-state index contributed by atoms with van der Waals surface area (Å²) in [5.74, 6) is 3.23. The van der Waals surface area contributed by atoms with Crippen molar-refractivity contribution in [2.24, 2.45) is 0 Å². The Bertz CT molecular complexity index is 4540.